The van der Waals surface area contributed by atoms with Crippen LogP contribution in [0.1, 0.15) is 30.0 Å². The van der Waals surface area contributed by atoms with Gasteiger partial charge in [-0.05, 0) is 47.6 Å². The summed E-state index contributed by atoms with van der Waals surface area (Å²) in [6, 6.07) is 16.5. The van der Waals surface area contributed by atoms with E-state index >= 15 is 0 Å². The van der Waals surface area contributed by atoms with Crippen LogP contribution in [0.5, 0.6) is 0 Å². The average molecular weight is 237 g/mol. The van der Waals surface area contributed by atoms with Gasteiger partial charge in [0.2, 0.25) is 0 Å². The van der Waals surface area contributed by atoms with Crippen molar-refractivity contribution in [2.24, 2.45) is 5.18 Å². The molecule has 0 saturated heterocycles. The van der Waals surface area contributed by atoms with Crippen LogP contribution in [0.15, 0.2) is 53.7 Å². The standard InChI is InChI=1S/C16H15NO/c18-17-16-8-4-7-13-9-10-14(11-15(13)16)12-5-2-1-3-6-12/h1-3,5-6,9-11,16H,4,7-8H2. The van der Waals surface area contributed by atoms with E-state index in [4.69, 9.17) is 0 Å². The molecule has 18 heavy (non-hydrogen) atoms. The first-order valence-corrected chi connectivity index (χ1v) is 6.39. The SMILES string of the molecule is O=NC1CCCc2ccc(-c3ccccc3)cc21. The van der Waals surface area contributed by atoms with Crippen LogP contribution >= 0.6 is 0 Å². The zero-order valence-electron chi connectivity index (χ0n) is 10.2. The van der Waals surface area contributed by atoms with Crippen LogP contribution in [0.25, 0.3) is 11.1 Å². The molecule has 0 bridgehead atoms. The minimum atomic E-state index is -0.155. The van der Waals surface area contributed by atoms with E-state index in [0.29, 0.717) is 0 Å². The van der Waals surface area contributed by atoms with Gasteiger partial charge in [0.1, 0.15) is 6.04 Å². The quantitative estimate of drug-likeness (QED) is 0.707. The molecule has 0 N–H and O–H groups in total. The molecule has 2 aromatic carbocycles. The van der Waals surface area contributed by atoms with Crippen molar-refractivity contribution in [1.82, 2.24) is 0 Å². The minimum Gasteiger partial charge on any atom is -0.150 e. The molecule has 0 spiro atoms. The molecular weight excluding hydrogens is 222 g/mol. The fourth-order valence-corrected chi connectivity index (χ4v) is 2.69. The number of hydrogen-bond acceptors (Lipinski definition) is 2. The van der Waals surface area contributed by atoms with E-state index in [1.54, 1.807) is 0 Å². The molecule has 0 amide bonds. The third-order valence-corrected chi connectivity index (χ3v) is 3.66. The van der Waals surface area contributed by atoms with Gasteiger partial charge in [0.25, 0.3) is 0 Å². The molecule has 0 aromatic heterocycles. The molecule has 90 valence electrons. The summed E-state index contributed by atoms with van der Waals surface area (Å²) in [7, 11) is 0. The van der Waals surface area contributed by atoms with E-state index in [1.807, 2.05) is 18.2 Å². The average Bonchev–Trinajstić information content (AvgIpc) is 2.47. The van der Waals surface area contributed by atoms with Crippen LogP contribution < -0.4 is 0 Å². The number of rotatable bonds is 2. The molecule has 0 saturated carbocycles. The van der Waals surface area contributed by atoms with Crippen molar-refractivity contribution >= 4 is 0 Å². The molecule has 1 atom stereocenters. The summed E-state index contributed by atoms with van der Waals surface area (Å²) in [5.41, 5.74) is 4.77. The van der Waals surface area contributed by atoms with Crippen LogP contribution in [0.3, 0.4) is 0 Å². The number of aryl methyl sites for hydroxylation is 1. The summed E-state index contributed by atoms with van der Waals surface area (Å²) in [5, 5.41) is 3.27. The van der Waals surface area contributed by atoms with Crippen LogP contribution in [0, 0.1) is 4.91 Å². The lowest BCUT2D eigenvalue weighted by atomic mass is 9.86. The Hall–Kier alpha value is -1.96. The monoisotopic (exact) mass is 237 g/mol. The molecule has 0 radical (unpaired) electrons. The Morgan fingerprint density at radius 2 is 1.83 bits per heavy atom. The molecule has 2 nitrogen and oxygen atoms in total. The van der Waals surface area contributed by atoms with Gasteiger partial charge in [-0.1, -0.05) is 47.6 Å². The molecule has 0 fully saturated rings. The van der Waals surface area contributed by atoms with Crippen molar-refractivity contribution in [2.75, 3.05) is 0 Å². The predicted octanol–water partition coefficient (Wildman–Crippen LogP) is 4.50. The van der Waals surface area contributed by atoms with Crippen molar-refractivity contribution in [3.8, 4) is 11.1 Å². The largest absolute Gasteiger partial charge is 0.150 e. The molecular formula is C16H15NO. The highest BCUT2D eigenvalue weighted by Crippen LogP contribution is 2.35. The Morgan fingerprint density at radius 1 is 1.00 bits per heavy atom. The fraction of sp³-hybridized carbons (Fsp3) is 0.250. The Balaban J connectivity index is 2.07. The zero-order chi connectivity index (χ0) is 12.4. The van der Waals surface area contributed by atoms with E-state index < -0.39 is 0 Å². The summed E-state index contributed by atoms with van der Waals surface area (Å²) in [6.07, 6.45) is 3.01. The van der Waals surface area contributed by atoms with Gasteiger partial charge in [-0.15, -0.1) is 0 Å². The number of nitrogens with zero attached hydrogens (tertiary/aromatic N) is 1. The van der Waals surface area contributed by atoms with Crippen LogP contribution in [-0.4, -0.2) is 0 Å². The van der Waals surface area contributed by atoms with Gasteiger partial charge in [0.15, 0.2) is 0 Å². The summed E-state index contributed by atoms with van der Waals surface area (Å²) in [4.78, 5) is 10.9. The molecule has 3 rings (SSSR count). The summed E-state index contributed by atoms with van der Waals surface area (Å²) in [5.74, 6) is 0. The van der Waals surface area contributed by atoms with Gasteiger partial charge in [-0.2, -0.15) is 4.91 Å². The van der Waals surface area contributed by atoms with Crippen LogP contribution in [-0.2, 0) is 6.42 Å². The normalized spacial score (nSPS) is 18.1. The first-order valence-electron chi connectivity index (χ1n) is 6.39. The summed E-state index contributed by atoms with van der Waals surface area (Å²) in [6.45, 7) is 0. The second kappa shape index (κ2) is 4.73. The van der Waals surface area contributed by atoms with E-state index in [9.17, 15) is 4.91 Å². The predicted molar refractivity (Wildman–Crippen MR) is 73.4 cm³/mol. The van der Waals surface area contributed by atoms with Gasteiger partial charge >= 0.3 is 0 Å². The lowest BCUT2D eigenvalue weighted by Crippen LogP contribution is -2.07. The van der Waals surface area contributed by atoms with Crippen molar-refractivity contribution < 1.29 is 0 Å². The van der Waals surface area contributed by atoms with Crippen molar-refractivity contribution in [1.29, 1.82) is 0 Å². The molecule has 1 aliphatic carbocycles. The third kappa shape index (κ3) is 1.94. The van der Waals surface area contributed by atoms with Crippen molar-refractivity contribution in [3.63, 3.8) is 0 Å². The van der Waals surface area contributed by atoms with E-state index in [2.05, 4.69) is 35.5 Å². The van der Waals surface area contributed by atoms with E-state index in [-0.39, 0.29) is 6.04 Å². The van der Waals surface area contributed by atoms with Gasteiger partial charge in [-0.25, -0.2) is 0 Å². The first kappa shape index (κ1) is 11.1. The Bertz CT molecular complexity index is 563. The third-order valence-electron chi connectivity index (χ3n) is 3.66. The number of fused-ring (bicyclic) bond motifs is 1. The lowest BCUT2D eigenvalue weighted by molar-refractivity contribution is 0.569. The second-order valence-electron chi connectivity index (χ2n) is 4.79. The zero-order valence-corrected chi connectivity index (χ0v) is 10.2. The van der Waals surface area contributed by atoms with Crippen molar-refractivity contribution in [2.45, 2.75) is 25.3 Å². The Kier molecular flexibility index (Phi) is 2.93. The minimum absolute atomic E-state index is 0.155. The van der Waals surface area contributed by atoms with Crippen molar-refractivity contribution in [3.05, 3.63) is 64.6 Å². The molecule has 1 aliphatic rings. The maximum Gasteiger partial charge on any atom is 0.117 e. The highest BCUT2D eigenvalue weighted by atomic mass is 16.3. The Morgan fingerprint density at radius 3 is 2.61 bits per heavy atom. The molecule has 2 heteroatoms. The second-order valence-corrected chi connectivity index (χ2v) is 4.79. The van der Waals surface area contributed by atoms with E-state index in [0.717, 1.165) is 24.8 Å². The molecule has 2 aromatic rings. The maximum atomic E-state index is 10.9. The fourth-order valence-electron chi connectivity index (χ4n) is 2.69. The highest BCUT2D eigenvalue weighted by Gasteiger charge is 2.21. The highest BCUT2D eigenvalue weighted by molar-refractivity contribution is 5.65. The summed E-state index contributed by atoms with van der Waals surface area (Å²) >= 11 is 0. The number of benzene rings is 2. The summed E-state index contributed by atoms with van der Waals surface area (Å²) < 4.78 is 0. The van der Waals surface area contributed by atoms with Crippen LogP contribution in [0.2, 0.25) is 0 Å². The first-order chi connectivity index (χ1) is 8.88. The maximum absolute atomic E-state index is 10.9. The van der Waals surface area contributed by atoms with Crippen LogP contribution in [0.4, 0.5) is 0 Å². The Labute approximate surface area is 107 Å². The van der Waals surface area contributed by atoms with E-state index in [1.165, 1.54) is 16.7 Å². The van der Waals surface area contributed by atoms with Gasteiger partial charge < -0.3 is 0 Å². The van der Waals surface area contributed by atoms with Gasteiger partial charge in [0, 0.05) is 0 Å². The number of nitroso groups, excluding NO2 is 1. The molecule has 0 heterocycles. The molecule has 1 unspecified atom stereocenters. The topological polar surface area (TPSA) is 29.4 Å². The van der Waals surface area contributed by atoms with Gasteiger partial charge in [0.05, 0.1) is 0 Å². The smallest absolute Gasteiger partial charge is 0.117 e. The molecule has 0 aliphatic heterocycles. The van der Waals surface area contributed by atoms with Gasteiger partial charge in [-0.3, -0.25) is 0 Å². The lowest BCUT2D eigenvalue weighted by Gasteiger charge is -2.21. The number of hydrogen-bond donors (Lipinski definition) is 0.